The summed E-state index contributed by atoms with van der Waals surface area (Å²) < 4.78 is 5.64. The largest absolute Gasteiger partial charge is 0.379 e. The first kappa shape index (κ1) is 14.6. The van der Waals surface area contributed by atoms with Gasteiger partial charge in [-0.3, -0.25) is 9.78 Å². The Labute approximate surface area is 129 Å². The first-order valence-electron chi connectivity index (χ1n) is 7.36. The molecule has 22 heavy (non-hydrogen) atoms. The fourth-order valence-electron chi connectivity index (χ4n) is 2.57. The summed E-state index contributed by atoms with van der Waals surface area (Å²) in [6, 6.07) is 7.27. The van der Waals surface area contributed by atoms with Crippen LogP contribution in [0.3, 0.4) is 0 Å². The van der Waals surface area contributed by atoms with Gasteiger partial charge in [-0.15, -0.1) is 0 Å². The van der Waals surface area contributed by atoms with E-state index in [2.05, 4.69) is 15.0 Å². The number of nitrogens with zero attached hydrogens (tertiary/aromatic N) is 4. The number of pyridine rings is 1. The molecular formula is C16H18N4O2. The Hall–Kier alpha value is -2.34. The van der Waals surface area contributed by atoms with Gasteiger partial charge in [-0.2, -0.15) is 0 Å². The number of carbonyl (C=O) groups excluding carboxylic acids is 1. The van der Waals surface area contributed by atoms with Gasteiger partial charge in [-0.25, -0.2) is 9.97 Å². The lowest BCUT2D eigenvalue weighted by atomic mass is 10.0. The summed E-state index contributed by atoms with van der Waals surface area (Å²) in [5.74, 6) is 0.184. The molecule has 114 valence electrons. The van der Waals surface area contributed by atoms with Crippen LogP contribution in [0.25, 0.3) is 0 Å². The molecular weight excluding hydrogens is 280 g/mol. The minimum Gasteiger partial charge on any atom is -0.379 e. The molecule has 1 atom stereocenters. The average Bonchev–Trinajstić information content (AvgIpc) is 2.81. The quantitative estimate of drug-likeness (QED) is 0.852. The Bertz CT molecular complexity index is 606. The topological polar surface area (TPSA) is 68.2 Å². The fourth-order valence-corrected chi connectivity index (χ4v) is 2.57. The lowest BCUT2D eigenvalue weighted by Crippen LogP contribution is -2.36. The van der Waals surface area contributed by atoms with Gasteiger partial charge in [0.1, 0.15) is 12.0 Å². The highest BCUT2D eigenvalue weighted by Gasteiger charge is 2.24. The summed E-state index contributed by atoms with van der Waals surface area (Å²) in [5.41, 5.74) is 1.45. The highest BCUT2D eigenvalue weighted by atomic mass is 16.5. The van der Waals surface area contributed by atoms with E-state index in [1.165, 1.54) is 0 Å². The van der Waals surface area contributed by atoms with E-state index in [1.807, 2.05) is 17.0 Å². The molecule has 6 nitrogen and oxygen atoms in total. The minimum absolute atomic E-state index is 0.0428. The Kier molecular flexibility index (Phi) is 4.70. The molecule has 0 bridgehead atoms. The predicted octanol–water partition coefficient (Wildman–Crippen LogP) is 1.20. The van der Waals surface area contributed by atoms with Crippen LogP contribution in [0.1, 0.15) is 16.2 Å². The maximum Gasteiger partial charge on any atom is 0.272 e. The molecule has 0 radical (unpaired) electrons. The van der Waals surface area contributed by atoms with Crippen molar-refractivity contribution in [1.29, 1.82) is 0 Å². The normalized spacial score (nSPS) is 18.7. The SMILES string of the molecule is O=C(c1ccccn1)N1CCOC[C@H](Cc2ccncn2)C1. The molecule has 2 aromatic heterocycles. The molecule has 1 aliphatic heterocycles. The zero-order valence-corrected chi connectivity index (χ0v) is 12.3. The number of hydrogen-bond acceptors (Lipinski definition) is 5. The Balaban J connectivity index is 1.69. The van der Waals surface area contributed by atoms with E-state index in [9.17, 15) is 4.79 Å². The smallest absolute Gasteiger partial charge is 0.272 e. The Morgan fingerprint density at radius 2 is 2.23 bits per heavy atom. The number of hydrogen-bond donors (Lipinski definition) is 0. The van der Waals surface area contributed by atoms with E-state index < -0.39 is 0 Å². The maximum absolute atomic E-state index is 12.5. The number of amides is 1. The number of carbonyl (C=O) groups is 1. The molecule has 6 heteroatoms. The van der Waals surface area contributed by atoms with Crippen molar-refractivity contribution in [3.63, 3.8) is 0 Å². The average molecular weight is 298 g/mol. The summed E-state index contributed by atoms with van der Waals surface area (Å²) >= 11 is 0. The predicted molar refractivity (Wildman–Crippen MR) is 80.2 cm³/mol. The molecule has 0 spiro atoms. The third-order valence-corrected chi connectivity index (χ3v) is 3.65. The van der Waals surface area contributed by atoms with Crippen LogP contribution in [0, 0.1) is 5.92 Å². The molecule has 1 aliphatic rings. The number of ether oxygens (including phenoxy) is 1. The van der Waals surface area contributed by atoms with E-state index in [1.54, 1.807) is 30.9 Å². The lowest BCUT2D eigenvalue weighted by molar-refractivity contribution is 0.0731. The van der Waals surface area contributed by atoms with Gasteiger partial charge in [-0.05, 0) is 24.6 Å². The van der Waals surface area contributed by atoms with Gasteiger partial charge in [0.25, 0.3) is 5.91 Å². The number of aromatic nitrogens is 3. The van der Waals surface area contributed by atoms with Crippen molar-refractivity contribution >= 4 is 5.91 Å². The molecule has 0 aliphatic carbocycles. The van der Waals surface area contributed by atoms with E-state index in [0.29, 0.717) is 32.0 Å². The van der Waals surface area contributed by atoms with Crippen LogP contribution in [-0.2, 0) is 11.2 Å². The Morgan fingerprint density at radius 1 is 1.27 bits per heavy atom. The second-order valence-electron chi connectivity index (χ2n) is 5.31. The zero-order chi connectivity index (χ0) is 15.2. The highest BCUT2D eigenvalue weighted by molar-refractivity contribution is 5.92. The first-order valence-corrected chi connectivity index (χ1v) is 7.36. The standard InChI is InChI=1S/C16H18N4O2/c21-16(15-3-1-2-5-18-15)20-7-8-22-11-13(10-20)9-14-4-6-17-12-19-14/h1-6,12-13H,7-11H2/t13-/m1/s1. The van der Waals surface area contributed by atoms with E-state index >= 15 is 0 Å². The monoisotopic (exact) mass is 298 g/mol. The van der Waals surface area contributed by atoms with Crippen molar-refractivity contribution in [2.24, 2.45) is 5.92 Å². The summed E-state index contributed by atoms with van der Waals surface area (Å²) in [7, 11) is 0. The van der Waals surface area contributed by atoms with Gasteiger partial charge in [-0.1, -0.05) is 6.07 Å². The van der Waals surface area contributed by atoms with Crippen molar-refractivity contribution in [2.45, 2.75) is 6.42 Å². The third-order valence-electron chi connectivity index (χ3n) is 3.65. The van der Waals surface area contributed by atoms with Crippen molar-refractivity contribution in [3.05, 3.63) is 54.4 Å². The van der Waals surface area contributed by atoms with Gasteiger partial charge in [0.15, 0.2) is 0 Å². The van der Waals surface area contributed by atoms with E-state index in [4.69, 9.17) is 4.74 Å². The lowest BCUT2D eigenvalue weighted by Gasteiger charge is -2.23. The molecule has 1 saturated heterocycles. The molecule has 2 aromatic rings. The van der Waals surface area contributed by atoms with Gasteiger partial charge in [0.05, 0.1) is 13.2 Å². The van der Waals surface area contributed by atoms with Crippen LogP contribution in [0.4, 0.5) is 0 Å². The molecule has 3 rings (SSSR count). The fraction of sp³-hybridized carbons (Fsp3) is 0.375. The zero-order valence-electron chi connectivity index (χ0n) is 12.3. The molecule has 1 fully saturated rings. The van der Waals surface area contributed by atoms with Gasteiger partial charge in [0.2, 0.25) is 0 Å². The van der Waals surface area contributed by atoms with Crippen LogP contribution < -0.4 is 0 Å². The van der Waals surface area contributed by atoms with Gasteiger partial charge >= 0.3 is 0 Å². The second kappa shape index (κ2) is 7.09. The molecule has 0 aromatic carbocycles. The van der Waals surface area contributed by atoms with E-state index in [-0.39, 0.29) is 11.8 Å². The number of rotatable bonds is 3. The molecule has 0 N–H and O–H groups in total. The van der Waals surface area contributed by atoms with Crippen molar-refractivity contribution in [2.75, 3.05) is 26.3 Å². The van der Waals surface area contributed by atoms with Crippen LogP contribution in [0.5, 0.6) is 0 Å². The summed E-state index contributed by atoms with van der Waals surface area (Å²) in [6.45, 7) is 2.43. The molecule has 0 unspecified atom stereocenters. The van der Waals surface area contributed by atoms with E-state index in [0.717, 1.165) is 12.1 Å². The maximum atomic E-state index is 12.5. The minimum atomic E-state index is -0.0428. The van der Waals surface area contributed by atoms with Crippen molar-refractivity contribution < 1.29 is 9.53 Å². The van der Waals surface area contributed by atoms with Crippen LogP contribution in [-0.4, -0.2) is 52.1 Å². The summed E-state index contributed by atoms with van der Waals surface area (Å²) in [4.78, 5) is 26.7. The van der Waals surface area contributed by atoms with Crippen LogP contribution >= 0.6 is 0 Å². The van der Waals surface area contributed by atoms with Crippen molar-refractivity contribution in [1.82, 2.24) is 19.9 Å². The molecule has 1 amide bonds. The Morgan fingerprint density at radius 3 is 3.00 bits per heavy atom. The van der Waals surface area contributed by atoms with Crippen LogP contribution in [0.15, 0.2) is 43.0 Å². The second-order valence-corrected chi connectivity index (χ2v) is 5.31. The molecule has 3 heterocycles. The highest BCUT2D eigenvalue weighted by Crippen LogP contribution is 2.14. The van der Waals surface area contributed by atoms with Crippen molar-refractivity contribution in [3.8, 4) is 0 Å². The molecule has 0 saturated carbocycles. The van der Waals surface area contributed by atoms with Gasteiger partial charge in [0, 0.05) is 37.1 Å². The third kappa shape index (κ3) is 3.65. The first-order chi connectivity index (χ1) is 10.8. The summed E-state index contributed by atoms with van der Waals surface area (Å²) in [6.07, 6.45) is 5.69. The van der Waals surface area contributed by atoms with Gasteiger partial charge < -0.3 is 9.64 Å². The van der Waals surface area contributed by atoms with Crippen LogP contribution in [0.2, 0.25) is 0 Å². The summed E-state index contributed by atoms with van der Waals surface area (Å²) in [5, 5.41) is 0.